The van der Waals surface area contributed by atoms with Crippen LogP contribution >= 0.6 is 23.2 Å². The normalized spacial score (nSPS) is 17.2. The molecule has 2 aromatic rings. The van der Waals surface area contributed by atoms with Gasteiger partial charge in [-0.05, 0) is 43.2 Å². The number of ether oxygens (including phenoxy) is 1. The lowest BCUT2D eigenvalue weighted by Crippen LogP contribution is -2.06. The molecule has 1 unspecified atom stereocenters. The minimum atomic E-state index is -0.0263. The van der Waals surface area contributed by atoms with Gasteiger partial charge in [0, 0.05) is 22.6 Å². The molecule has 0 spiro atoms. The Morgan fingerprint density at radius 1 is 1.16 bits per heavy atom. The molecule has 1 radical (unpaired) electrons. The average molecular weight is 292 g/mol. The van der Waals surface area contributed by atoms with Crippen molar-refractivity contribution in [3.8, 4) is 16.9 Å². The number of fused-ring (bicyclic) bond motifs is 1. The lowest BCUT2D eigenvalue weighted by Gasteiger charge is -2.12. The standard InChI is InChI=1S/C16H13Cl2O/c1-9-5-11-7-10(2)19-16(11)14(6-9)13-4-3-12(17)8-15(13)18/h3-6,8,10H,2,7H2,1H3. The number of aryl methyl sites for hydroxylation is 1. The number of hydrogen-bond donors (Lipinski definition) is 0. The molecule has 1 heterocycles. The van der Waals surface area contributed by atoms with Crippen molar-refractivity contribution < 1.29 is 4.74 Å². The molecule has 19 heavy (non-hydrogen) atoms. The third-order valence-corrected chi connectivity index (χ3v) is 3.81. The Hall–Kier alpha value is -1.18. The van der Waals surface area contributed by atoms with E-state index in [-0.39, 0.29) is 6.10 Å². The van der Waals surface area contributed by atoms with Crippen molar-refractivity contribution in [1.29, 1.82) is 0 Å². The summed E-state index contributed by atoms with van der Waals surface area (Å²) in [7, 11) is 0. The largest absolute Gasteiger partial charge is 0.489 e. The summed E-state index contributed by atoms with van der Waals surface area (Å²) in [5, 5.41) is 1.27. The van der Waals surface area contributed by atoms with Crippen molar-refractivity contribution >= 4 is 23.2 Å². The lowest BCUT2D eigenvalue weighted by atomic mass is 9.98. The zero-order chi connectivity index (χ0) is 13.6. The van der Waals surface area contributed by atoms with E-state index in [1.807, 2.05) is 12.1 Å². The molecule has 0 N–H and O–H groups in total. The van der Waals surface area contributed by atoms with Gasteiger partial charge in [-0.15, -0.1) is 0 Å². The van der Waals surface area contributed by atoms with Crippen LogP contribution < -0.4 is 4.74 Å². The molecule has 1 atom stereocenters. The summed E-state index contributed by atoms with van der Waals surface area (Å²) in [4.78, 5) is 0. The fraction of sp³-hybridized carbons (Fsp3) is 0.188. The van der Waals surface area contributed by atoms with Crippen molar-refractivity contribution in [1.82, 2.24) is 0 Å². The van der Waals surface area contributed by atoms with E-state index >= 15 is 0 Å². The second-order valence-corrected chi connectivity index (χ2v) is 5.71. The molecule has 0 bridgehead atoms. The summed E-state index contributed by atoms with van der Waals surface area (Å²) in [6, 6.07) is 9.76. The molecule has 0 saturated carbocycles. The first-order valence-corrected chi connectivity index (χ1v) is 6.89. The van der Waals surface area contributed by atoms with Gasteiger partial charge in [0.1, 0.15) is 11.9 Å². The lowest BCUT2D eigenvalue weighted by molar-refractivity contribution is 0.282. The fourth-order valence-electron chi connectivity index (χ4n) is 2.50. The van der Waals surface area contributed by atoms with E-state index in [0.717, 1.165) is 23.3 Å². The summed E-state index contributed by atoms with van der Waals surface area (Å²) in [6.07, 6.45) is 0.816. The number of halogens is 2. The summed E-state index contributed by atoms with van der Waals surface area (Å²) >= 11 is 12.2. The van der Waals surface area contributed by atoms with Gasteiger partial charge in [-0.1, -0.05) is 35.3 Å². The van der Waals surface area contributed by atoms with Gasteiger partial charge in [0.2, 0.25) is 0 Å². The predicted molar refractivity (Wildman–Crippen MR) is 80.1 cm³/mol. The maximum absolute atomic E-state index is 6.30. The highest BCUT2D eigenvalue weighted by Gasteiger charge is 2.24. The van der Waals surface area contributed by atoms with Crippen molar-refractivity contribution in [2.45, 2.75) is 19.4 Å². The van der Waals surface area contributed by atoms with Crippen LogP contribution in [0.3, 0.4) is 0 Å². The van der Waals surface area contributed by atoms with Gasteiger partial charge in [0.25, 0.3) is 0 Å². The first-order chi connectivity index (χ1) is 9.04. The topological polar surface area (TPSA) is 9.23 Å². The molecule has 0 amide bonds. The van der Waals surface area contributed by atoms with E-state index in [9.17, 15) is 0 Å². The van der Waals surface area contributed by atoms with Crippen LogP contribution in [0.15, 0.2) is 30.3 Å². The van der Waals surface area contributed by atoms with Gasteiger partial charge < -0.3 is 4.74 Å². The first-order valence-electron chi connectivity index (χ1n) is 6.13. The van der Waals surface area contributed by atoms with Crippen LogP contribution in [-0.4, -0.2) is 6.10 Å². The van der Waals surface area contributed by atoms with Gasteiger partial charge in [-0.2, -0.15) is 0 Å². The van der Waals surface area contributed by atoms with Gasteiger partial charge in [-0.3, -0.25) is 0 Å². The molecule has 0 saturated heterocycles. The van der Waals surface area contributed by atoms with Crippen molar-refractivity contribution in [2.24, 2.45) is 0 Å². The van der Waals surface area contributed by atoms with Gasteiger partial charge in [-0.25, -0.2) is 0 Å². The fourth-order valence-corrected chi connectivity index (χ4v) is 3.01. The van der Waals surface area contributed by atoms with E-state index in [1.165, 1.54) is 11.1 Å². The maximum atomic E-state index is 6.30. The van der Waals surface area contributed by atoms with Crippen molar-refractivity contribution in [3.63, 3.8) is 0 Å². The molecule has 1 aliphatic heterocycles. The molecule has 97 valence electrons. The number of hydrogen-bond acceptors (Lipinski definition) is 1. The SMILES string of the molecule is [CH2]C1Cc2cc(C)cc(-c3ccc(Cl)cc3Cl)c2O1. The average Bonchev–Trinajstić information content (AvgIpc) is 2.68. The summed E-state index contributed by atoms with van der Waals surface area (Å²) in [6.45, 7) is 6.05. The second-order valence-electron chi connectivity index (χ2n) is 4.87. The molecule has 3 rings (SSSR count). The zero-order valence-corrected chi connectivity index (χ0v) is 12.1. The molecular formula is C16H13Cl2O. The molecule has 3 heteroatoms. The van der Waals surface area contributed by atoms with Crippen LogP contribution in [-0.2, 0) is 6.42 Å². The van der Waals surface area contributed by atoms with Crippen molar-refractivity contribution in [3.05, 3.63) is 58.4 Å². The van der Waals surface area contributed by atoms with Crippen LogP contribution in [0.2, 0.25) is 10.0 Å². The smallest absolute Gasteiger partial charge is 0.130 e. The molecule has 2 aromatic carbocycles. The molecule has 0 fully saturated rings. The Labute approximate surface area is 123 Å². The summed E-state index contributed by atoms with van der Waals surface area (Å²) in [5.74, 6) is 0.898. The minimum absolute atomic E-state index is 0.0263. The third kappa shape index (κ3) is 2.33. The van der Waals surface area contributed by atoms with E-state index < -0.39 is 0 Å². The summed E-state index contributed by atoms with van der Waals surface area (Å²) < 4.78 is 5.83. The van der Waals surface area contributed by atoms with Crippen LogP contribution in [0.1, 0.15) is 11.1 Å². The Morgan fingerprint density at radius 2 is 1.95 bits per heavy atom. The van der Waals surface area contributed by atoms with Gasteiger partial charge in [0.15, 0.2) is 0 Å². The molecule has 0 aliphatic carbocycles. The molecule has 1 aliphatic rings. The Balaban J connectivity index is 2.21. The monoisotopic (exact) mass is 291 g/mol. The molecule has 0 aromatic heterocycles. The minimum Gasteiger partial charge on any atom is -0.489 e. The van der Waals surface area contributed by atoms with Crippen LogP contribution in [0.4, 0.5) is 0 Å². The molecule has 1 nitrogen and oxygen atoms in total. The Kier molecular flexibility index (Phi) is 3.20. The van der Waals surface area contributed by atoms with Crippen molar-refractivity contribution in [2.75, 3.05) is 0 Å². The van der Waals surface area contributed by atoms with E-state index in [0.29, 0.717) is 10.0 Å². The van der Waals surface area contributed by atoms with E-state index in [4.69, 9.17) is 27.9 Å². The highest BCUT2D eigenvalue weighted by Crippen LogP contribution is 2.42. The van der Waals surface area contributed by atoms with Gasteiger partial charge >= 0.3 is 0 Å². The highest BCUT2D eigenvalue weighted by atomic mass is 35.5. The predicted octanol–water partition coefficient (Wildman–Crippen LogP) is 5.11. The highest BCUT2D eigenvalue weighted by molar-refractivity contribution is 6.36. The van der Waals surface area contributed by atoms with Crippen LogP contribution in [0.25, 0.3) is 11.1 Å². The second kappa shape index (κ2) is 4.73. The zero-order valence-electron chi connectivity index (χ0n) is 10.5. The van der Waals surface area contributed by atoms with Crippen LogP contribution in [0.5, 0.6) is 5.75 Å². The van der Waals surface area contributed by atoms with Gasteiger partial charge in [0.05, 0.1) is 5.02 Å². The Bertz CT molecular complexity index is 649. The number of rotatable bonds is 1. The Morgan fingerprint density at radius 3 is 2.68 bits per heavy atom. The third-order valence-electron chi connectivity index (χ3n) is 3.26. The van der Waals surface area contributed by atoms with Crippen LogP contribution in [0, 0.1) is 13.8 Å². The summed E-state index contributed by atoms with van der Waals surface area (Å²) in [5.41, 5.74) is 4.35. The quantitative estimate of drug-likeness (QED) is 0.710. The maximum Gasteiger partial charge on any atom is 0.130 e. The number of benzene rings is 2. The first kappa shape index (κ1) is 12.8. The van der Waals surface area contributed by atoms with E-state index in [2.05, 4.69) is 26.0 Å². The molecular weight excluding hydrogens is 279 g/mol. The van der Waals surface area contributed by atoms with E-state index in [1.54, 1.807) is 6.07 Å².